The predicted molar refractivity (Wildman–Crippen MR) is 68.4 cm³/mol. The van der Waals surface area contributed by atoms with Crippen LogP contribution >= 0.6 is 27.5 Å². The summed E-state index contributed by atoms with van der Waals surface area (Å²) in [5, 5.41) is 11.6. The number of aliphatic carboxylic acids is 1. The number of nitrogens with one attached hydrogen (secondary N) is 1. The molecule has 0 saturated heterocycles. The Morgan fingerprint density at radius 1 is 1.41 bits per heavy atom. The number of rotatable bonds is 5. The van der Waals surface area contributed by atoms with Crippen LogP contribution in [0, 0.1) is 0 Å². The highest BCUT2D eigenvalue weighted by molar-refractivity contribution is 9.10. The fourth-order valence-electron chi connectivity index (χ4n) is 1.21. The van der Waals surface area contributed by atoms with Gasteiger partial charge in [-0.05, 0) is 40.5 Å². The van der Waals surface area contributed by atoms with Gasteiger partial charge in [0.2, 0.25) is 0 Å². The number of carboxylic acids is 1. The Kier molecular flexibility index (Phi) is 5.44. The molecule has 0 aliphatic carbocycles. The number of carbonyl (C=O) groups is 2. The zero-order valence-corrected chi connectivity index (χ0v) is 11.2. The van der Waals surface area contributed by atoms with E-state index in [0.29, 0.717) is 28.0 Å². The smallest absolute Gasteiger partial charge is 0.303 e. The molecule has 0 saturated carbocycles. The molecule has 0 heterocycles. The van der Waals surface area contributed by atoms with Crippen molar-refractivity contribution in [3.05, 3.63) is 33.3 Å². The molecule has 17 heavy (non-hydrogen) atoms. The van der Waals surface area contributed by atoms with Gasteiger partial charge in [-0.15, -0.1) is 0 Å². The number of carbonyl (C=O) groups excluding carboxylic acids is 1. The maximum atomic E-state index is 11.7. The highest BCUT2D eigenvalue weighted by Gasteiger charge is 2.09. The third-order valence-corrected chi connectivity index (χ3v) is 2.92. The Labute approximate surface area is 112 Å². The molecule has 2 N–H and O–H groups in total. The van der Waals surface area contributed by atoms with Crippen molar-refractivity contribution >= 4 is 39.4 Å². The Morgan fingerprint density at radius 3 is 2.71 bits per heavy atom. The first-order valence-electron chi connectivity index (χ1n) is 4.95. The second kappa shape index (κ2) is 6.61. The molecule has 0 aliphatic heterocycles. The molecule has 1 aromatic rings. The number of hydrogen-bond acceptors (Lipinski definition) is 2. The zero-order valence-electron chi connectivity index (χ0n) is 8.87. The molecule has 0 unspecified atom stereocenters. The lowest BCUT2D eigenvalue weighted by Crippen LogP contribution is -2.25. The highest BCUT2D eigenvalue weighted by atomic mass is 79.9. The third kappa shape index (κ3) is 4.75. The van der Waals surface area contributed by atoms with Gasteiger partial charge in [-0.2, -0.15) is 0 Å². The van der Waals surface area contributed by atoms with Gasteiger partial charge >= 0.3 is 5.97 Å². The summed E-state index contributed by atoms with van der Waals surface area (Å²) in [5.41, 5.74) is 0.477. The lowest BCUT2D eigenvalue weighted by molar-refractivity contribution is -0.137. The second-order valence-electron chi connectivity index (χ2n) is 3.38. The normalized spacial score (nSPS) is 10.0. The quantitative estimate of drug-likeness (QED) is 0.820. The highest BCUT2D eigenvalue weighted by Crippen LogP contribution is 2.21. The summed E-state index contributed by atoms with van der Waals surface area (Å²) in [7, 11) is 0. The van der Waals surface area contributed by atoms with Crippen LogP contribution in [0.25, 0.3) is 0 Å². The number of amides is 1. The predicted octanol–water partition coefficient (Wildman–Crippen LogP) is 2.70. The van der Waals surface area contributed by atoms with Crippen LogP contribution in [0.5, 0.6) is 0 Å². The first-order chi connectivity index (χ1) is 8.00. The summed E-state index contributed by atoms with van der Waals surface area (Å²) < 4.78 is 0.612. The fourth-order valence-corrected chi connectivity index (χ4v) is 2.07. The molecular formula is C11H11BrClNO3. The molecule has 0 radical (unpaired) electrons. The molecule has 1 aromatic carbocycles. The molecule has 4 nitrogen and oxygen atoms in total. The van der Waals surface area contributed by atoms with Gasteiger partial charge in [0.05, 0.1) is 5.56 Å². The van der Waals surface area contributed by atoms with Gasteiger partial charge in [0, 0.05) is 22.5 Å². The minimum absolute atomic E-state index is 0.0437. The van der Waals surface area contributed by atoms with Crippen molar-refractivity contribution in [2.24, 2.45) is 0 Å². The molecule has 0 aliphatic rings. The van der Waals surface area contributed by atoms with Gasteiger partial charge in [-0.3, -0.25) is 9.59 Å². The lowest BCUT2D eigenvalue weighted by atomic mass is 10.2. The van der Waals surface area contributed by atoms with E-state index in [1.54, 1.807) is 18.2 Å². The van der Waals surface area contributed by atoms with Crippen molar-refractivity contribution in [1.82, 2.24) is 5.32 Å². The minimum atomic E-state index is -0.869. The lowest BCUT2D eigenvalue weighted by Gasteiger charge is -2.06. The number of carboxylic acid groups (broad SMARTS) is 1. The van der Waals surface area contributed by atoms with E-state index in [4.69, 9.17) is 16.7 Å². The monoisotopic (exact) mass is 319 g/mol. The van der Waals surface area contributed by atoms with Gasteiger partial charge in [-0.1, -0.05) is 11.6 Å². The maximum Gasteiger partial charge on any atom is 0.303 e. The summed E-state index contributed by atoms with van der Waals surface area (Å²) in [6.45, 7) is 0.334. The number of hydrogen-bond donors (Lipinski definition) is 2. The number of halogens is 2. The molecular weight excluding hydrogens is 309 g/mol. The standard InChI is InChI=1S/C11H11BrClNO3/c12-9-6-7(13)3-4-8(9)11(17)14-5-1-2-10(15)16/h3-4,6H,1-2,5H2,(H,14,17)(H,15,16). The van der Waals surface area contributed by atoms with Crippen molar-refractivity contribution in [3.8, 4) is 0 Å². The van der Waals surface area contributed by atoms with E-state index in [0.717, 1.165) is 0 Å². The van der Waals surface area contributed by atoms with Gasteiger partial charge in [0.25, 0.3) is 5.91 Å². The van der Waals surface area contributed by atoms with Crippen molar-refractivity contribution in [2.75, 3.05) is 6.54 Å². The van der Waals surface area contributed by atoms with Crippen LogP contribution in [0.2, 0.25) is 5.02 Å². The molecule has 0 aromatic heterocycles. The van der Waals surface area contributed by atoms with Crippen LogP contribution < -0.4 is 5.32 Å². The van der Waals surface area contributed by atoms with Crippen LogP contribution in [0.3, 0.4) is 0 Å². The summed E-state index contributed by atoms with van der Waals surface area (Å²) in [6, 6.07) is 4.87. The average Bonchev–Trinajstić information content (AvgIpc) is 2.23. The number of benzene rings is 1. The van der Waals surface area contributed by atoms with E-state index in [1.807, 2.05) is 0 Å². The first kappa shape index (κ1) is 14.0. The van der Waals surface area contributed by atoms with E-state index < -0.39 is 5.97 Å². The van der Waals surface area contributed by atoms with Gasteiger partial charge in [0.15, 0.2) is 0 Å². The molecule has 0 fully saturated rings. The van der Waals surface area contributed by atoms with Crippen molar-refractivity contribution in [2.45, 2.75) is 12.8 Å². The van der Waals surface area contributed by atoms with Gasteiger partial charge in [0.1, 0.15) is 0 Å². The molecule has 6 heteroatoms. The van der Waals surface area contributed by atoms with Crippen LogP contribution in [0.1, 0.15) is 23.2 Å². The maximum absolute atomic E-state index is 11.7. The van der Waals surface area contributed by atoms with Crippen LogP contribution in [0.4, 0.5) is 0 Å². The van der Waals surface area contributed by atoms with E-state index in [1.165, 1.54) is 0 Å². The summed E-state index contributed by atoms with van der Waals surface area (Å²) in [6.07, 6.45) is 0.453. The topological polar surface area (TPSA) is 66.4 Å². The molecule has 92 valence electrons. The SMILES string of the molecule is O=C(O)CCCNC(=O)c1ccc(Cl)cc1Br. The molecule has 0 bridgehead atoms. The van der Waals surface area contributed by atoms with Crippen molar-refractivity contribution in [1.29, 1.82) is 0 Å². The first-order valence-corrected chi connectivity index (χ1v) is 6.13. The summed E-state index contributed by atoms with van der Waals surface area (Å²) in [4.78, 5) is 22.0. The van der Waals surface area contributed by atoms with Crippen LogP contribution in [0.15, 0.2) is 22.7 Å². The van der Waals surface area contributed by atoms with E-state index >= 15 is 0 Å². The molecule has 1 rings (SSSR count). The van der Waals surface area contributed by atoms with Crippen molar-refractivity contribution < 1.29 is 14.7 Å². The fraction of sp³-hybridized carbons (Fsp3) is 0.273. The zero-order chi connectivity index (χ0) is 12.8. The van der Waals surface area contributed by atoms with Crippen molar-refractivity contribution in [3.63, 3.8) is 0 Å². The Balaban J connectivity index is 2.50. The largest absolute Gasteiger partial charge is 0.481 e. The summed E-state index contributed by atoms with van der Waals surface area (Å²) in [5.74, 6) is -1.12. The minimum Gasteiger partial charge on any atom is -0.481 e. The summed E-state index contributed by atoms with van der Waals surface area (Å²) >= 11 is 9.00. The van der Waals surface area contributed by atoms with E-state index in [-0.39, 0.29) is 12.3 Å². The van der Waals surface area contributed by atoms with Gasteiger partial charge in [-0.25, -0.2) is 0 Å². The molecule has 1 amide bonds. The average molecular weight is 321 g/mol. The molecule has 0 spiro atoms. The van der Waals surface area contributed by atoms with Crippen LogP contribution in [-0.2, 0) is 4.79 Å². The van der Waals surface area contributed by atoms with E-state index in [2.05, 4.69) is 21.2 Å². The third-order valence-electron chi connectivity index (χ3n) is 2.03. The van der Waals surface area contributed by atoms with Gasteiger partial charge < -0.3 is 10.4 Å². The Bertz CT molecular complexity index is 437. The van der Waals surface area contributed by atoms with Crippen LogP contribution in [-0.4, -0.2) is 23.5 Å². The second-order valence-corrected chi connectivity index (χ2v) is 4.67. The Hall–Kier alpha value is -1.07. The van der Waals surface area contributed by atoms with E-state index in [9.17, 15) is 9.59 Å². The molecule has 0 atom stereocenters. The Morgan fingerprint density at radius 2 is 2.12 bits per heavy atom.